The van der Waals surface area contributed by atoms with E-state index in [1.807, 2.05) is 6.92 Å². The van der Waals surface area contributed by atoms with Crippen LogP contribution in [0.1, 0.15) is 32.6 Å². The Morgan fingerprint density at radius 3 is 1.84 bits per heavy atom. The molecule has 0 bridgehead atoms. The Labute approximate surface area is 115 Å². The zero-order chi connectivity index (χ0) is 13.6. The summed E-state index contributed by atoms with van der Waals surface area (Å²) in [6, 6.07) is 0. The molecule has 0 saturated heterocycles. The van der Waals surface area contributed by atoms with E-state index in [9.17, 15) is 0 Å². The second-order valence-electron chi connectivity index (χ2n) is 5.22. The van der Waals surface area contributed by atoms with Crippen LogP contribution in [0.15, 0.2) is 0 Å². The fourth-order valence-corrected chi connectivity index (χ4v) is 2.65. The van der Waals surface area contributed by atoms with E-state index < -0.39 is 0 Å². The van der Waals surface area contributed by atoms with Crippen LogP contribution in [-0.2, 0) is 18.9 Å². The van der Waals surface area contributed by atoms with Crippen LogP contribution in [0.2, 0.25) is 0 Å². The smallest absolute Gasteiger partial charge is 0.0974 e. The topological polar surface area (TPSA) is 57.2 Å². The molecule has 0 unspecified atom stereocenters. The molecular formula is C14H26O5. The van der Waals surface area contributed by atoms with Gasteiger partial charge in [0.15, 0.2) is 0 Å². The number of aliphatic hydroxyl groups excluding tert-OH is 1. The molecule has 1 N–H and O–H groups in total. The number of rotatable bonds is 12. The lowest BCUT2D eigenvalue weighted by Crippen LogP contribution is -2.37. The van der Waals surface area contributed by atoms with E-state index in [1.165, 1.54) is 0 Å². The molecule has 0 amide bonds. The highest BCUT2D eigenvalue weighted by Gasteiger charge is 2.67. The standard InChI is InChI=1S/C14H26O5/c1-2-18-13(3-4-13)14(5-6-14)19-12-11-17-10-9-16-8-7-15/h15H,2-12H2,1H3. The second-order valence-corrected chi connectivity index (χ2v) is 5.22. The van der Waals surface area contributed by atoms with E-state index in [1.54, 1.807) is 0 Å². The van der Waals surface area contributed by atoms with E-state index in [2.05, 4.69) is 0 Å². The second kappa shape index (κ2) is 6.99. The summed E-state index contributed by atoms with van der Waals surface area (Å²) >= 11 is 0. The van der Waals surface area contributed by atoms with Gasteiger partial charge in [0.25, 0.3) is 0 Å². The fraction of sp³-hybridized carbons (Fsp3) is 1.00. The van der Waals surface area contributed by atoms with Crippen molar-refractivity contribution in [2.45, 2.75) is 43.8 Å². The highest BCUT2D eigenvalue weighted by atomic mass is 16.6. The van der Waals surface area contributed by atoms with Crippen molar-refractivity contribution in [3.8, 4) is 0 Å². The number of hydrogen-bond donors (Lipinski definition) is 1. The number of aliphatic hydroxyl groups is 1. The molecule has 19 heavy (non-hydrogen) atoms. The summed E-state index contributed by atoms with van der Waals surface area (Å²) in [5.41, 5.74) is 0.00570. The summed E-state index contributed by atoms with van der Waals surface area (Å²) in [5, 5.41) is 8.53. The first kappa shape index (κ1) is 15.2. The minimum Gasteiger partial charge on any atom is -0.394 e. The van der Waals surface area contributed by atoms with E-state index in [0.29, 0.717) is 33.0 Å². The summed E-state index contributed by atoms with van der Waals surface area (Å²) < 4.78 is 22.4. The minimum atomic E-state index is -0.0141. The molecular weight excluding hydrogens is 248 g/mol. The maximum Gasteiger partial charge on any atom is 0.0974 e. The van der Waals surface area contributed by atoms with Gasteiger partial charge in [0.2, 0.25) is 0 Å². The number of ether oxygens (including phenoxy) is 4. The molecule has 0 spiro atoms. The van der Waals surface area contributed by atoms with Crippen molar-refractivity contribution in [2.75, 3.05) is 46.2 Å². The third-order valence-corrected chi connectivity index (χ3v) is 3.87. The van der Waals surface area contributed by atoms with Crippen LogP contribution in [-0.4, -0.2) is 62.6 Å². The Balaban J connectivity index is 1.52. The molecule has 0 atom stereocenters. The molecule has 5 nitrogen and oxygen atoms in total. The Morgan fingerprint density at radius 2 is 1.32 bits per heavy atom. The Kier molecular flexibility index (Phi) is 5.59. The third kappa shape index (κ3) is 3.89. The SMILES string of the molecule is CCOC1(C2(OCCOCCOCCO)CC2)CC1. The van der Waals surface area contributed by atoms with E-state index in [4.69, 9.17) is 24.1 Å². The van der Waals surface area contributed by atoms with Gasteiger partial charge in [-0.1, -0.05) is 0 Å². The molecule has 0 radical (unpaired) electrons. The molecule has 112 valence electrons. The molecule has 5 heteroatoms. The molecule has 2 aliphatic rings. The van der Waals surface area contributed by atoms with E-state index in [-0.39, 0.29) is 17.8 Å². The van der Waals surface area contributed by atoms with Crippen molar-refractivity contribution in [2.24, 2.45) is 0 Å². The minimum absolute atomic E-state index is 0.0141. The summed E-state index contributed by atoms with van der Waals surface area (Å²) in [7, 11) is 0. The van der Waals surface area contributed by atoms with E-state index >= 15 is 0 Å². The van der Waals surface area contributed by atoms with Gasteiger partial charge in [0.05, 0.1) is 50.8 Å². The van der Waals surface area contributed by atoms with Crippen molar-refractivity contribution in [3.63, 3.8) is 0 Å². The molecule has 0 aromatic carbocycles. The Bertz CT molecular complexity index is 261. The third-order valence-electron chi connectivity index (χ3n) is 3.87. The van der Waals surface area contributed by atoms with Crippen molar-refractivity contribution in [1.29, 1.82) is 0 Å². The summed E-state index contributed by atoms with van der Waals surface area (Å²) in [6.07, 6.45) is 4.51. The normalized spacial score (nSPS) is 22.4. The van der Waals surface area contributed by atoms with Crippen molar-refractivity contribution in [3.05, 3.63) is 0 Å². The highest BCUT2D eigenvalue weighted by Crippen LogP contribution is 2.61. The van der Waals surface area contributed by atoms with Gasteiger partial charge in [-0.15, -0.1) is 0 Å². The van der Waals surface area contributed by atoms with Gasteiger partial charge in [-0.25, -0.2) is 0 Å². The van der Waals surface area contributed by atoms with Crippen molar-refractivity contribution >= 4 is 0 Å². The summed E-state index contributed by atoms with van der Waals surface area (Å²) in [4.78, 5) is 0. The first-order valence-electron chi connectivity index (χ1n) is 7.33. The van der Waals surface area contributed by atoms with Gasteiger partial charge in [-0.05, 0) is 32.6 Å². The molecule has 0 aromatic rings. The van der Waals surface area contributed by atoms with Gasteiger partial charge < -0.3 is 24.1 Å². The molecule has 0 heterocycles. The highest BCUT2D eigenvalue weighted by molar-refractivity contribution is 5.20. The predicted octanol–water partition coefficient (Wildman–Crippen LogP) is 1.13. The lowest BCUT2D eigenvalue weighted by atomic mass is 10.1. The van der Waals surface area contributed by atoms with Crippen LogP contribution in [0.3, 0.4) is 0 Å². The Morgan fingerprint density at radius 1 is 0.789 bits per heavy atom. The summed E-state index contributed by atoms with van der Waals surface area (Å²) in [5.74, 6) is 0. The van der Waals surface area contributed by atoms with Gasteiger partial charge in [-0.2, -0.15) is 0 Å². The van der Waals surface area contributed by atoms with E-state index in [0.717, 1.165) is 32.3 Å². The molecule has 2 rings (SSSR count). The fourth-order valence-electron chi connectivity index (χ4n) is 2.65. The maximum absolute atomic E-state index is 8.53. The first-order valence-corrected chi connectivity index (χ1v) is 7.33. The van der Waals surface area contributed by atoms with Crippen LogP contribution >= 0.6 is 0 Å². The predicted molar refractivity (Wildman–Crippen MR) is 70.2 cm³/mol. The largest absolute Gasteiger partial charge is 0.394 e. The van der Waals surface area contributed by atoms with Gasteiger partial charge >= 0.3 is 0 Å². The van der Waals surface area contributed by atoms with Crippen molar-refractivity contribution in [1.82, 2.24) is 0 Å². The average molecular weight is 274 g/mol. The monoisotopic (exact) mass is 274 g/mol. The summed E-state index contributed by atoms with van der Waals surface area (Å²) in [6.45, 7) is 5.53. The van der Waals surface area contributed by atoms with Crippen molar-refractivity contribution < 1.29 is 24.1 Å². The van der Waals surface area contributed by atoms with Crippen LogP contribution in [0.4, 0.5) is 0 Å². The molecule has 2 fully saturated rings. The molecule has 2 saturated carbocycles. The lowest BCUT2D eigenvalue weighted by Gasteiger charge is -2.27. The first-order chi connectivity index (χ1) is 9.29. The molecule has 0 aromatic heterocycles. The molecule has 0 aliphatic heterocycles. The van der Waals surface area contributed by atoms with Gasteiger partial charge in [0, 0.05) is 6.61 Å². The van der Waals surface area contributed by atoms with Crippen LogP contribution < -0.4 is 0 Å². The zero-order valence-corrected chi connectivity index (χ0v) is 11.9. The maximum atomic E-state index is 8.53. The van der Waals surface area contributed by atoms with Crippen LogP contribution in [0.25, 0.3) is 0 Å². The average Bonchev–Trinajstić information content (AvgIpc) is 3.28. The van der Waals surface area contributed by atoms with Gasteiger partial charge in [0.1, 0.15) is 0 Å². The lowest BCUT2D eigenvalue weighted by molar-refractivity contribution is -0.115. The van der Waals surface area contributed by atoms with Gasteiger partial charge in [-0.3, -0.25) is 0 Å². The van der Waals surface area contributed by atoms with Crippen LogP contribution in [0, 0.1) is 0 Å². The zero-order valence-electron chi connectivity index (χ0n) is 11.9. The quantitative estimate of drug-likeness (QED) is 0.541. The molecule has 2 aliphatic carbocycles. The number of hydrogen-bond acceptors (Lipinski definition) is 5. The Hall–Kier alpha value is -0.200. The van der Waals surface area contributed by atoms with Crippen LogP contribution in [0.5, 0.6) is 0 Å².